The van der Waals surface area contributed by atoms with Crippen LogP contribution in [0.5, 0.6) is 0 Å². The van der Waals surface area contributed by atoms with E-state index in [-0.39, 0.29) is 11.8 Å². The summed E-state index contributed by atoms with van der Waals surface area (Å²) in [6.07, 6.45) is 3.31. The van der Waals surface area contributed by atoms with E-state index >= 15 is 0 Å². The minimum Gasteiger partial charge on any atom is -0.299 e. The summed E-state index contributed by atoms with van der Waals surface area (Å²) in [7, 11) is 0. The Kier molecular flexibility index (Phi) is 6.52. The van der Waals surface area contributed by atoms with Gasteiger partial charge in [0.05, 0.1) is 11.9 Å². The predicted molar refractivity (Wildman–Crippen MR) is 107 cm³/mol. The Labute approximate surface area is 162 Å². The fraction of sp³-hybridized carbons (Fsp3) is 0.350. The summed E-state index contributed by atoms with van der Waals surface area (Å²) in [5.41, 5.74) is 5.63. The highest BCUT2D eigenvalue weighted by atomic mass is 79.9. The molecular formula is C20H23BrN4O. The largest absolute Gasteiger partial charge is 0.299 e. The van der Waals surface area contributed by atoms with Gasteiger partial charge in [-0.25, -0.2) is 5.43 Å². The van der Waals surface area contributed by atoms with Gasteiger partial charge in [-0.15, -0.1) is 0 Å². The van der Waals surface area contributed by atoms with Gasteiger partial charge < -0.3 is 0 Å². The number of amides is 1. The molecule has 5 nitrogen and oxygen atoms in total. The van der Waals surface area contributed by atoms with Gasteiger partial charge in [-0.1, -0.05) is 34.1 Å². The van der Waals surface area contributed by atoms with Gasteiger partial charge in [0, 0.05) is 22.6 Å². The van der Waals surface area contributed by atoms with Gasteiger partial charge in [-0.05, 0) is 62.7 Å². The minimum atomic E-state index is -0.00260. The Morgan fingerprint density at radius 1 is 1.27 bits per heavy atom. The molecule has 6 heteroatoms. The highest BCUT2D eigenvalue weighted by molar-refractivity contribution is 9.10. The Morgan fingerprint density at radius 2 is 2.00 bits per heavy atom. The van der Waals surface area contributed by atoms with E-state index in [2.05, 4.69) is 60.6 Å². The first-order chi connectivity index (χ1) is 12.6. The van der Waals surface area contributed by atoms with Gasteiger partial charge in [-0.2, -0.15) is 5.10 Å². The van der Waals surface area contributed by atoms with E-state index in [0.29, 0.717) is 0 Å². The molecule has 1 N–H and O–H groups in total. The zero-order valence-corrected chi connectivity index (χ0v) is 16.4. The SMILES string of the molecule is Cc1cccc(C=NNC(=O)C2CCN(Cc3ccc(Br)cc3)CC2)n1. The first kappa shape index (κ1) is 18.7. The minimum absolute atomic E-state index is 0.00260. The first-order valence-electron chi connectivity index (χ1n) is 8.83. The van der Waals surface area contributed by atoms with Gasteiger partial charge in [0.1, 0.15) is 0 Å². The predicted octanol–water partition coefficient (Wildman–Crippen LogP) is 3.51. The molecule has 136 valence electrons. The van der Waals surface area contributed by atoms with E-state index in [0.717, 1.165) is 48.3 Å². The molecular weight excluding hydrogens is 392 g/mol. The molecule has 1 aromatic heterocycles. The zero-order valence-electron chi connectivity index (χ0n) is 14.9. The number of hydrogen-bond donors (Lipinski definition) is 1. The van der Waals surface area contributed by atoms with Crippen molar-refractivity contribution in [2.24, 2.45) is 11.0 Å². The van der Waals surface area contributed by atoms with Crippen LogP contribution in [-0.4, -0.2) is 35.1 Å². The summed E-state index contributed by atoms with van der Waals surface area (Å²) in [5.74, 6) is 0.0241. The Morgan fingerprint density at radius 3 is 2.69 bits per heavy atom. The van der Waals surface area contributed by atoms with Crippen molar-refractivity contribution < 1.29 is 4.79 Å². The number of nitrogens with zero attached hydrogens (tertiary/aromatic N) is 3. The number of aromatic nitrogens is 1. The molecule has 0 unspecified atom stereocenters. The van der Waals surface area contributed by atoms with E-state index in [4.69, 9.17) is 0 Å². The third-order valence-electron chi connectivity index (χ3n) is 4.56. The maximum absolute atomic E-state index is 12.3. The second-order valence-electron chi connectivity index (χ2n) is 6.61. The number of piperidine rings is 1. The molecule has 1 saturated heterocycles. The maximum atomic E-state index is 12.3. The highest BCUT2D eigenvalue weighted by Crippen LogP contribution is 2.20. The molecule has 2 heterocycles. The Bertz CT molecular complexity index is 768. The van der Waals surface area contributed by atoms with Crippen LogP contribution in [0, 0.1) is 12.8 Å². The van der Waals surface area contributed by atoms with Gasteiger partial charge in [0.2, 0.25) is 5.91 Å². The van der Waals surface area contributed by atoms with Crippen LogP contribution in [-0.2, 0) is 11.3 Å². The van der Waals surface area contributed by atoms with Crippen molar-refractivity contribution in [1.82, 2.24) is 15.3 Å². The number of pyridine rings is 1. The summed E-state index contributed by atoms with van der Waals surface area (Å²) in [6, 6.07) is 14.1. The third-order valence-corrected chi connectivity index (χ3v) is 5.09. The number of halogens is 1. The fourth-order valence-electron chi connectivity index (χ4n) is 3.09. The highest BCUT2D eigenvalue weighted by Gasteiger charge is 2.24. The average Bonchev–Trinajstić information content (AvgIpc) is 2.64. The molecule has 2 aromatic rings. The smallest absolute Gasteiger partial charge is 0.243 e. The monoisotopic (exact) mass is 414 g/mol. The van der Waals surface area contributed by atoms with Crippen molar-refractivity contribution in [3.05, 3.63) is 63.9 Å². The van der Waals surface area contributed by atoms with Crippen LogP contribution >= 0.6 is 15.9 Å². The summed E-state index contributed by atoms with van der Waals surface area (Å²) in [4.78, 5) is 19.0. The Balaban J connectivity index is 1.43. The lowest BCUT2D eigenvalue weighted by Gasteiger charge is -2.30. The van der Waals surface area contributed by atoms with Crippen molar-refractivity contribution in [1.29, 1.82) is 0 Å². The molecule has 3 rings (SSSR count). The Hall–Kier alpha value is -2.05. The summed E-state index contributed by atoms with van der Waals surface area (Å²) in [5, 5.41) is 4.05. The molecule has 0 radical (unpaired) electrons. The van der Waals surface area contributed by atoms with E-state index in [1.54, 1.807) is 6.21 Å². The molecule has 1 aromatic carbocycles. The lowest BCUT2D eigenvalue weighted by molar-refractivity contribution is -0.126. The standard InChI is InChI=1S/C20H23BrN4O/c1-15-3-2-4-19(23-15)13-22-24-20(26)17-9-11-25(12-10-17)14-16-5-7-18(21)8-6-16/h2-8,13,17H,9-12,14H2,1H3,(H,24,26). The first-order valence-corrected chi connectivity index (χ1v) is 9.63. The van der Waals surface area contributed by atoms with Crippen molar-refractivity contribution in [3.8, 4) is 0 Å². The van der Waals surface area contributed by atoms with Crippen molar-refractivity contribution in [2.45, 2.75) is 26.3 Å². The average molecular weight is 415 g/mol. The van der Waals surface area contributed by atoms with Gasteiger partial charge in [-0.3, -0.25) is 14.7 Å². The number of carbonyl (C=O) groups excluding carboxylic acids is 1. The summed E-state index contributed by atoms with van der Waals surface area (Å²) in [6.45, 7) is 4.71. The molecule has 1 aliphatic rings. The van der Waals surface area contributed by atoms with Gasteiger partial charge >= 0.3 is 0 Å². The second kappa shape index (κ2) is 9.05. The third kappa shape index (κ3) is 5.47. The number of carbonyl (C=O) groups is 1. The van der Waals surface area contributed by atoms with E-state index in [9.17, 15) is 4.79 Å². The van der Waals surface area contributed by atoms with Crippen LogP contribution in [0.4, 0.5) is 0 Å². The summed E-state index contributed by atoms with van der Waals surface area (Å²) < 4.78 is 1.10. The number of rotatable bonds is 5. The number of aryl methyl sites for hydroxylation is 1. The quantitative estimate of drug-likeness (QED) is 0.601. The van der Waals surface area contributed by atoms with E-state index in [1.807, 2.05) is 25.1 Å². The van der Waals surface area contributed by atoms with Crippen LogP contribution in [0.15, 0.2) is 52.0 Å². The number of benzene rings is 1. The van der Waals surface area contributed by atoms with Crippen molar-refractivity contribution in [2.75, 3.05) is 13.1 Å². The normalized spacial score (nSPS) is 16.1. The molecule has 0 bridgehead atoms. The summed E-state index contributed by atoms with van der Waals surface area (Å²) >= 11 is 3.46. The zero-order chi connectivity index (χ0) is 18.4. The van der Waals surface area contributed by atoms with Gasteiger partial charge in [0.25, 0.3) is 0 Å². The molecule has 0 atom stereocenters. The fourth-order valence-corrected chi connectivity index (χ4v) is 3.35. The molecule has 0 aliphatic carbocycles. The van der Waals surface area contributed by atoms with Crippen LogP contribution in [0.3, 0.4) is 0 Å². The number of nitrogens with one attached hydrogen (secondary N) is 1. The van der Waals surface area contributed by atoms with Crippen LogP contribution < -0.4 is 5.43 Å². The number of likely N-dealkylation sites (tertiary alicyclic amines) is 1. The maximum Gasteiger partial charge on any atom is 0.243 e. The molecule has 1 fully saturated rings. The number of hydrazone groups is 1. The number of hydrogen-bond acceptors (Lipinski definition) is 4. The second-order valence-corrected chi connectivity index (χ2v) is 7.53. The molecule has 0 spiro atoms. The lowest BCUT2D eigenvalue weighted by Crippen LogP contribution is -2.39. The van der Waals surface area contributed by atoms with Crippen LogP contribution in [0.1, 0.15) is 29.8 Å². The molecule has 26 heavy (non-hydrogen) atoms. The van der Waals surface area contributed by atoms with E-state index in [1.165, 1.54) is 5.56 Å². The van der Waals surface area contributed by atoms with E-state index < -0.39 is 0 Å². The lowest BCUT2D eigenvalue weighted by atomic mass is 9.96. The van der Waals surface area contributed by atoms with Crippen LogP contribution in [0.2, 0.25) is 0 Å². The van der Waals surface area contributed by atoms with Crippen molar-refractivity contribution in [3.63, 3.8) is 0 Å². The van der Waals surface area contributed by atoms with Crippen molar-refractivity contribution >= 4 is 28.1 Å². The molecule has 0 saturated carbocycles. The molecule has 1 amide bonds. The molecule has 1 aliphatic heterocycles. The topological polar surface area (TPSA) is 57.6 Å². The van der Waals surface area contributed by atoms with Crippen LogP contribution in [0.25, 0.3) is 0 Å². The van der Waals surface area contributed by atoms with Gasteiger partial charge in [0.15, 0.2) is 0 Å².